The van der Waals surface area contributed by atoms with E-state index in [9.17, 15) is 4.79 Å². The molecule has 5 nitrogen and oxygen atoms in total. The van der Waals surface area contributed by atoms with Gasteiger partial charge in [-0.2, -0.15) is 5.26 Å². The standard InChI is InChI=1S/C25H28N4O/c1-4-12-29(13-5-2)23-9-8-18-14-20(7-6-19(18)15-23)24-11-10-22(28(24)3)16-21(17-26)25(27)30/h6-11,14-16H,4-5,12-13H2,1-3H3,(H2,27,30)/b21-16+. The van der Waals surface area contributed by atoms with Gasteiger partial charge < -0.3 is 15.2 Å². The second kappa shape index (κ2) is 9.32. The summed E-state index contributed by atoms with van der Waals surface area (Å²) in [5.41, 5.74) is 9.30. The number of nitrogens with two attached hydrogens (primary N) is 1. The SMILES string of the molecule is CCCN(CCC)c1ccc2cc(-c3ccc(/C=C(\C#N)C(N)=O)n3C)ccc2c1. The van der Waals surface area contributed by atoms with E-state index >= 15 is 0 Å². The molecule has 3 rings (SSSR count). The lowest BCUT2D eigenvalue weighted by atomic mass is 10.0. The van der Waals surface area contributed by atoms with E-state index in [4.69, 9.17) is 11.0 Å². The minimum absolute atomic E-state index is 0.0579. The zero-order valence-corrected chi connectivity index (χ0v) is 17.9. The third-order valence-corrected chi connectivity index (χ3v) is 5.31. The van der Waals surface area contributed by atoms with Crippen molar-refractivity contribution in [1.82, 2.24) is 4.57 Å². The maximum atomic E-state index is 11.3. The molecule has 5 heteroatoms. The molecule has 0 bridgehead atoms. The van der Waals surface area contributed by atoms with Crippen LogP contribution in [0.1, 0.15) is 32.4 Å². The molecule has 1 heterocycles. The first-order chi connectivity index (χ1) is 14.5. The molecule has 0 atom stereocenters. The van der Waals surface area contributed by atoms with Crippen LogP contribution in [0.2, 0.25) is 0 Å². The average molecular weight is 401 g/mol. The Bertz CT molecular complexity index is 1130. The minimum Gasteiger partial charge on any atom is -0.372 e. The fourth-order valence-electron chi connectivity index (χ4n) is 3.77. The summed E-state index contributed by atoms with van der Waals surface area (Å²) in [6.07, 6.45) is 3.78. The van der Waals surface area contributed by atoms with E-state index in [1.165, 1.54) is 22.5 Å². The Labute approximate surface area is 178 Å². The first kappa shape index (κ1) is 21.2. The summed E-state index contributed by atoms with van der Waals surface area (Å²) in [7, 11) is 1.91. The summed E-state index contributed by atoms with van der Waals surface area (Å²) >= 11 is 0. The Balaban J connectivity index is 1.96. The van der Waals surface area contributed by atoms with Gasteiger partial charge in [0.15, 0.2) is 0 Å². The number of nitriles is 1. The van der Waals surface area contributed by atoms with Gasteiger partial charge in [-0.1, -0.05) is 32.0 Å². The smallest absolute Gasteiger partial charge is 0.259 e. The van der Waals surface area contributed by atoms with E-state index in [1.807, 2.05) is 29.8 Å². The molecule has 30 heavy (non-hydrogen) atoms. The first-order valence-electron chi connectivity index (χ1n) is 10.3. The Morgan fingerprint density at radius 3 is 2.37 bits per heavy atom. The van der Waals surface area contributed by atoms with Crippen molar-refractivity contribution in [3.05, 3.63) is 59.8 Å². The van der Waals surface area contributed by atoms with Crippen LogP contribution in [0.4, 0.5) is 5.69 Å². The van der Waals surface area contributed by atoms with Crippen molar-refractivity contribution in [3.63, 3.8) is 0 Å². The van der Waals surface area contributed by atoms with E-state index in [0.717, 1.165) is 42.9 Å². The van der Waals surface area contributed by atoms with Crippen molar-refractivity contribution >= 4 is 28.4 Å². The van der Waals surface area contributed by atoms with E-state index in [0.29, 0.717) is 0 Å². The number of amides is 1. The molecule has 2 aromatic carbocycles. The highest BCUT2D eigenvalue weighted by atomic mass is 16.1. The Morgan fingerprint density at radius 2 is 1.73 bits per heavy atom. The van der Waals surface area contributed by atoms with Crippen molar-refractivity contribution < 1.29 is 4.79 Å². The number of hydrogen-bond donors (Lipinski definition) is 1. The third kappa shape index (κ3) is 4.38. The zero-order valence-electron chi connectivity index (χ0n) is 17.9. The summed E-state index contributed by atoms with van der Waals surface area (Å²) in [5.74, 6) is -0.720. The Hall–Kier alpha value is -3.52. The molecule has 3 aromatic rings. The van der Waals surface area contributed by atoms with Crippen LogP contribution in [0.15, 0.2) is 54.1 Å². The monoisotopic (exact) mass is 400 g/mol. The van der Waals surface area contributed by atoms with Gasteiger partial charge >= 0.3 is 0 Å². The number of carbonyl (C=O) groups excluding carboxylic acids is 1. The fourth-order valence-corrected chi connectivity index (χ4v) is 3.77. The number of aromatic nitrogens is 1. The lowest BCUT2D eigenvalue weighted by Crippen LogP contribution is -2.24. The summed E-state index contributed by atoms with van der Waals surface area (Å²) in [5, 5.41) is 11.5. The molecule has 1 amide bonds. The molecule has 0 aliphatic carbocycles. The second-order valence-corrected chi connectivity index (χ2v) is 7.47. The highest BCUT2D eigenvalue weighted by Crippen LogP contribution is 2.29. The predicted molar refractivity (Wildman–Crippen MR) is 124 cm³/mol. The number of rotatable bonds is 8. The highest BCUT2D eigenvalue weighted by molar-refractivity contribution is 6.00. The van der Waals surface area contributed by atoms with Crippen LogP contribution in [0.25, 0.3) is 28.1 Å². The average Bonchev–Trinajstić information content (AvgIpc) is 3.11. The lowest BCUT2D eigenvalue weighted by molar-refractivity contribution is -0.114. The van der Waals surface area contributed by atoms with Gasteiger partial charge in [-0.05, 0) is 65.6 Å². The number of anilines is 1. The largest absolute Gasteiger partial charge is 0.372 e. The van der Waals surface area contributed by atoms with E-state index in [2.05, 4.69) is 55.1 Å². The first-order valence-corrected chi connectivity index (χ1v) is 10.3. The van der Waals surface area contributed by atoms with Crippen LogP contribution in [0.5, 0.6) is 0 Å². The van der Waals surface area contributed by atoms with Crippen LogP contribution < -0.4 is 10.6 Å². The van der Waals surface area contributed by atoms with E-state index in [-0.39, 0.29) is 5.57 Å². The van der Waals surface area contributed by atoms with Crippen molar-refractivity contribution in [2.24, 2.45) is 12.8 Å². The topological polar surface area (TPSA) is 75.1 Å². The molecule has 0 radical (unpaired) electrons. The minimum atomic E-state index is -0.720. The number of nitrogens with zero attached hydrogens (tertiary/aromatic N) is 3. The molecule has 0 unspecified atom stereocenters. The molecular formula is C25H28N4O. The van der Waals surface area contributed by atoms with Crippen molar-refractivity contribution in [1.29, 1.82) is 5.26 Å². The van der Waals surface area contributed by atoms with Crippen LogP contribution in [0.3, 0.4) is 0 Å². The van der Waals surface area contributed by atoms with Gasteiger partial charge in [0.25, 0.3) is 5.91 Å². The number of fused-ring (bicyclic) bond motifs is 1. The van der Waals surface area contributed by atoms with Gasteiger partial charge in [0.1, 0.15) is 11.6 Å². The Morgan fingerprint density at radius 1 is 1.07 bits per heavy atom. The van der Waals surface area contributed by atoms with Gasteiger partial charge in [-0.3, -0.25) is 4.79 Å². The van der Waals surface area contributed by atoms with E-state index in [1.54, 1.807) is 0 Å². The van der Waals surface area contributed by atoms with Gasteiger partial charge in [0.2, 0.25) is 0 Å². The number of hydrogen-bond acceptors (Lipinski definition) is 3. The lowest BCUT2D eigenvalue weighted by Gasteiger charge is -2.24. The predicted octanol–water partition coefficient (Wildman–Crippen LogP) is 4.86. The normalized spacial score (nSPS) is 11.5. The second-order valence-electron chi connectivity index (χ2n) is 7.47. The van der Waals surface area contributed by atoms with Crippen LogP contribution in [-0.2, 0) is 11.8 Å². The quantitative estimate of drug-likeness (QED) is 0.433. The number of primary amides is 1. The maximum absolute atomic E-state index is 11.3. The Kier molecular flexibility index (Phi) is 6.58. The third-order valence-electron chi connectivity index (χ3n) is 5.31. The molecular weight excluding hydrogens is 372 g/mol. The maximum Gasteiger partial charge on any atom is 0.259 e. The molecule has 0 saturated heterocycles. The van der Waals surface area contributed by atoms with Gasteiger partial charge in [0.05, 0.1) is 0 Å². The zero-order chi connectivity index (χ0) is 21.7. The molecule has 154 valence electrons. The number of benzene rings is 2. The van der Waals surface area contributed by atoms with Crippen molar-refractivity contribution in [3.8, 4) is 17.3 Å². The molecule has 2 N–H and O–H groups in total. The van der Waals surface area contributed by atoms with Crippen LogP contribution in [0, 0.1) is 11.3 Å². The van der Waals surface area contributed by atoms with E-state index < -0.39 is 5.91 Å². The van der Waals surface area contributed by atoms with Crippen molar-refractivity contribution in [2.45, 2.75) is 26.7 Å². The van der Waals surface area contributed by atoms with Gasteiger partial charge in [-0.25, -0.2) is 0 Å². The molecule has 0 saturated carbocycles. The summed E-state index contributed by atoms with van der Waals surface area (Å²) < 4.78 is 1.96. The summed E-state index contributed by atoms with van der Waals surface area (Å²) in [6.45, 7) is 6.55. The molecule has 0 aliphatic heterocycles. The molecule has 1 aromatic heterocycles. The summed E-state index contributed by atoms with van der Waals surface area (Å²) in [4.78, 5) is 13.8. The molecule has 0 spiro atoms. The van der Waals surface area contributed by atoms with Crippen molar-refractivity contribution in [2.75, 3.05) is 18.0 Å². The number of carbonyl (C=O) groups is 1. The van der Waals surface area contributed by atoms with Crippen LogP contribution >= 0.6 is 0 Å². The van der Waals surface area contributed by atoms with Gasteiger partial charge in [0, 0.05) is 37.2 Å². The van der Waals surface area contributed by atoms with Crippen LogP contribution in [-0.4, -0.2) is 23.6 Å². The molecule has 0 aliphatic rings. The molecule has 0 fully saturated rings. The summed E-state index contributed by atoms with van der Waals surface area (Å²) in [6, 6.07) is 18.8. The fraction of sp³-hybridized carbons (Fsp3) is 0.280. The highest BCUT2D eigenvalue weighted by Gasteiger charge is 2.11. The van der Waals surface area contributed by atoms with Gasteiger partial charge in [-0.15, -0.1) is 0 Å².